The molecule has 5 rings (SSSR count). The van der Waals surface area contributed by atoms with Gasteiger partial charge in [0.15, 0.2) is 5.16 Å². The van der Waals surface area contributed by atoms with Gasteiger partial charge >= 0.3 is 0 Å². The van der Waals surface area contributed by atoms with Crippen molar-refractivity contribution in [2.24, 2.45) is 5.14 Å². The minimum absolute atomic E-state index is 0.0166. The maximum absolute atomic E-state index is 12.8. The molecule has 1 aliphatic rings. The first kappa shape index (κ1) is 25.5. The molecule has 0 spiro atoms. The molecular formula is C25H24ClN5O4S2. The molecule has 0 amide bonds. The number of ketones is 1. The highest BCUT2D eigenvalue weighted by atomic mass is 35.5. The number of benzene rings is 3. The maximum Gasteiger partial charge on any atom is 0.238 e. The van der Waals surface area contributed by atoms with E-state index in [2.05, 4.69) is 22.3 Å². The van der Waals surface area contributed by atoms with Gasteiger partial charge in [0.1, 0.15) is 17.2 Å². The number of methoxy groups -OCH3 is 1. The number of anilines is 1. The summed E-state index contributed by atoms with van der Waals surface area (Å²) in [5.74, 6) is 1.29. The van der Waals surface area contributed by atoms with Crippen LogP contribution in [0.1, 0.15) is 29.9 Å². The zero-order valence-corrected chi connectivity index (χ0v) is 22.2. The normalized spacial score (nSPS) is 13.7. The number of halogens is 1. The van der Waals surface area contributed by atoms with Crippen molar-refractivity contribution in [1.82, 2.24) is 14.8 Å². The van der Waals surface area contributed by atoms with Gasteiger partial charge in [0, 0.05) is 16.8 Å². The third kappa shape index (κ3) is 5.17. The molecule has 4 aromatic rings. The highest BCUT2D eigenvalue weighted by molar-refractivity contribution is 7.99. The lowest BCUT2D eigenvalue weighted by Gasteiger charge is -2.18. The van der Waals surface area contributed by atoms with Gasteiger partial charge in [-0.1, -0.05) is 53.7 Å². The van der Waals surface area contributed by atoms with Gasteiger partial charge < -0.3 is 10.5 Å². The Balaban J connectivity index is 1.43. The summed E-state index contributed by atoms with van der Waals surface area (Å²) in [6, 6.07) is 14.2. The quantitative estimate of drug-likeness (QED) is 0.293. The summed E-state index contributed by atoms with van der Waals surface area (Å²) in [5, 5.41) is 16.1. The maximum atomic E-state index is 12.8. The van der Waals surface area contributed by atoms with E-state index in [9.17, 15) is 13.2 Å². The lowest BCUT2D eigenvalue weighted by atomic mass is 9.98. The fourth-order valence-corrected chi connectivity index (χ4v) is 5.98. The van der Waals surface area contributed by atoms with Crippen molar-refractivity contribution in [2.45, 2.75) is 35.2 Å². The molecule has 192 valence electrons. The Hall–Kier alpha value is -3.12. The van der Waals surface area contributed by atoms with Gasteiger partial charge in [0.25, 0.3) is 0 Å². The van der Waals surface area contributed by atoms with Gasteiger partial charge in [-0.3, -0.25) is 9.36 Å². The zero-order chi connectivity index (χ0) is 26.3. The molecular weight excluding hydrogens is 534 g/mol. The number of carbonyl (C=O) groups is 1. The molecule has 3 aromatic carbocycles. The van der Waals surface area contributed by atoms with Crippen LogP contribution in [0.2, 0.25) is 5.02 Å². The summed E-state index contributed by atoms with van der Waals surface area (Å²) in [6.45, 7) is 0. The summed E-state index contributed by atoms with van der Waals surface area (Å²) >= 11 is 7.40. The predicted molar refractivity (Wildman–Crippen MR) is 144 cm³/mol. The number of rotatable bonds is 9. The van der Waals surface area contributed by atoms with Crippen LogP contribution in [-0.4, -0.2) is 41.8 Å². The number of thioether (sulfide) groups is 1. The lowest BCUT2D eigenvalue weighted by Crippen LogP contribution is -2.13. The number of hydrogen-bond acceptors (Lipinski definition) is 8. The second-order valence-electron chi connectivity index (χ2n) is 8.82. The van der Waals surface area contributed by atoms with Crippen molar-refractivity contribution >= 4 is 55.9 Å². The lowest BCUT2D eigenvalue weighted by molar-refractivity contribution is -0.116. The van der Waals surface area contributed by atoms with Crippen molar-refractivity contribution in [1.29, 1.82) is 0 Å². The number of aromatic nitrogens is 3. The van der Waals surface area contributed by atoms with Gasteiger partial charge in [-0.15, -0.1) is 10.2 Å². The number of carbonyl (C=O) groups excluding carboxylic acids is 1. The fourth-order valence-electron chi connectivity index (χ4n) is 4.32. The Morgan fingerprint density at radius 2 is 1.89 bits per heavy atom. The van der Waals surface area contributed by atoms with E-state index >= 15 is 0 Å². The molecule has 4 N–H and O–H groups in total. The van der Waals surface area contributed by atoms with E-state index in [1.165, 1.54) is 35.5 Å². The number of nitrogen functional groups attached to an aromatic ring is 1. The Labute approximate surface area is 223 Å². The molecule has 0 radical (unpaired) electrons. The smallest absolute Gasteiger partial charge is 0.238 e. The molecule has 0 bridgehead atoms. The topological polar surface area (TPSA) is 143 Å². The van der Waals surface area contributed by atoms with Crippen molar-refractivity contribution in [3.05, 3.63) is 64.7 Å². The first-order chi connectivity index (χ1) is 17.7. The molecule has 1 fully saturated rings. The third-order valence-corrected chi connectivity index (χ3v) is 8.49. The van der Waals surface area contributed by atoms with Crippen molar-refractivity contribution in [3.63, 3.8) is 0 Å². The second kappa shape index (κ2) is 9.97. The third-order valence-electron chi connectivity index (χ3n) is 6.24. The van der Waals surface area contributed by atoms with E-state index in [1.807, 2.05) is 18.2 Å². The molecule has 1 aromatic heterocycles. The van der Waals surface area contributed by atoms with Gasteiger partial charge in [0.05, 0.1) is 17.8 Å². The van der Waals surface area contributed by atoms with Crippen LogP contribution >= 0.6 is 23.4 Å². The molecule has 0 atom stereocenters. The van der Waals surface area contributed by atoms with Crippen LogP contribution in [-0.2, 0) is 21.2 Å². The van der Waals surface area contributed by atoms with E-state index in [0.29, 0.717) is 22.4 Å². The minimum atomic E-state index is -3.88. The van der Waals surface area contributed by atoms with Gasteiger partial charge in [0.2, 0.25) is 16.0 Å². The van der Waals surface area contributed by atoms with Crippen LogP contribution < -0.4 is 15.6 Å². The number of nitrogens with zero attached hydrogens (tertiary/aromatic N) is 3. The fraction of sp³-hybridized carbons (Fsp3) is 0.240. The van der Waals surface area contributed by atoms with Crippen LogP contribution in [0, 0.1) is 0 Å². The van der Waals surface area contributed by atoms with E-state index in [-0.39, 0.29) is 33.8 Å². The van der Waals surface area contributed by atoms with E-state index in [4.69, 9.17) is 27.2 Å². The molecule has 0 aliphatic heterocycles. The van der Waals surface area contributed by atoms with Crippen LogP contribution in [0.5, 0.6) is 5.75 Å². The average Bonchev–Trinajstić information content (AvgIpc) is 3.65. The number of nitrogens with two attached hydrogens (primary N) is 2. The van der Waals surface area contributed by atoms with Crippen molar-refractivity contribution in [2.75, 3.05) is 18.6 Å². The number of ether oxygens (including phenoxy) is 1. The zero-order valence-electron chi connectivity index (χ0n) is 19.8. The molecule has 0 saturated heterocycles. The van der Waals surface area contributed by atoms with Crippen molar-refractivity contribution < 1.29 is 17.9 Å². The number of sulfonamides is 1. The van der Waals surface area contributed by atoms with Crippen LogP contribution in [0.25, 0.3) is 16.5 Å². The number of Topliss-reactive ketones (excluding diaryl/α,β-unsaturated/α-hetero) is 1. The molecule has 1 saturated carbocycles. The average molecular weight is 558 g/mol. The Bertz CT molecular complexity index is 1630. The van der Waals surface area contributed by atoms with Gasteiger partial charge in [-0.05, 0) is 53.5 Å². The number of hydrogen-bond donors (Lipinski definition) is 2. The standard InChI is InChI=1S/C25H24ClN5O4S2/c1-35-22-12-20(14-6-7-14)18-4-2-3-5-19(18)23(22)31-24(27)29-30-25(31)36-13-16(32)10-15-8-9-17(11-21(15)26)37(28,33)34/h2-5,8-9,11-12,14H,6-7,10,13H2,1H3,(H2,27,29)(H2,28,33,34). The molecule has 37 heavy (non-hydrogen) atoms. The summed E-state index contributed by atoms with van der Waals surface area (Å²) in [6.07, 6.45) is 2.32. The van der Waals surface area contributed by atoms with Crippen LogP contribution in [0.3, 0.4) is 0 Å². The minimum Gasteiger partial charge on any atom is -0.495 e. The molecule has 1 aliphatic carbocycles. The first-order valence-corrected chi connectivity index (χ1v) is 14.3. The number of primary sulfonamides is 1. The Morgan fingerprint density at radius 3 is 2.54 bits per heavy atom. The second-order valence-corrected chi connectivity index (χ2v) is 11.7. The largest absolute Gasteiger partial charge is 0.495 e. The Kier molecular flexibility index (Phi) is 6.88. The number of fused-ring (bicyclic) bond motifs is 1. The summed E-state index contributed by atoms with van der Waals surface area (Å²) in [5.41, 5.74) is 8.73. The summed E-state index contributed by atoms with van der Waals surface area (Å²) in [7, 11) is -2.27. The Morgan fingerprint density at radius 1 is 1.16 bits per heavy atom. The molecule has 1 heterocycles. The first-order valence-electron chi connectivity index (χ1n) is 11.4. The van der Waals surface area contributed by atoms with E-state index < -0.39 is 10.0 Å². The van der Waals surface area contributed by atoms with Crippen LogP contribution in [0.15, 0.2) is 58.6 Å². The monoisotopic (exact) mass is 557 g/mol. The highest BCUT2D eigenvalue weighted by Gasteiger charge is 2.29. The molecule has 9 nitrogen and oxygen atoms in total. The summed E-state index contributed by atoms with van der Waals surface area (Å²) in [4.78, 5) is 12.7. The van der Waals surface area contributed by atoms with Crippen molar-refractivity contribution in [3.8, 4) is 11.4 Å². The SMILES string of the molecule is COc1cc(C2CC2)c2ccccc2c1-n1c(N)nnc1SCC(=O)Cc1ccc(S(N)(=O)=O)cc1Cl. The van der Waals surface area contributed by atoms with Crippen LogP contribution in [0.4, 0.5) is 5.95 Å². The van der Waals surface area contributed by atoms with Gasteiger partial charge in [-0.25, -0.2) is 13.6 Å². The van der Waals surface area contributed by atoms with E-state index in [0.717, 1.165) is 29.3 Å². The molecule has 0 unspecified atom stereocenters. The van der Waals surface area contributed by atoms with Gasteiger partial charge in [-0.2, -0.15) is 0 Å². The predicted octanol–water partition coefficient (Wildman–Crippen LogP) is 4.09. The summed E-state index contributed by atoms with van der Waals surface area (Å²) < 4.78 is 30.5. The van der Waals surface area contributed by atoms with E-state index in [1.54, 1.807) is 11.7 Å². The molecule has 12 heteroatoms. The highest BCUT2D eigenvalue weighted by Crippen LogP contribution is 2.47.